The molecule has 0 bridgehead atoms. The first kappa shape index (κ1) is 14.1. The van der Waals surface area contributed by atoms with E-state index in [1.165, 1.54) is 0 Å². The van der Waals surface area contributed by atoms with Crippen LogP contribution in [0.25, 0.3) is 11.4 Å². The Kier molecular flexibility index (Phi) is 3.67. The smallest absolute Gasteiger partial charge is 0.244 e. The first-order chi connectivity index (χ1) is 11.3. The van der Waals surface area contributed by atoms with Gasteiger partial charge < -0.3 is 8.94 Å². The van der Waals surface area contributed by atoms with Crippen LogP contribution in [-0.2, 0) is 6.54 Å². The number of rotatable bonds is 4. The lowest BCUT2D eigenvalue weighted by Gasteiger charge is -2.19. The van der Waals surface area contributed by atoms with E-state index >= 15 is 0 Å². The lowest BCUT2D eigenvalue weighted by Crippen LogP contribution is -2.23. The molecule has 118 valence electrons. The van der Waals surface area contributed by atoms with E-state index in [0.29, 0.717) is 17.6 Å². The van der Waals surface area contributed by atoms with Gasteiger partial charge in [-0.1, -0.05) is 35.5 Å². The highest BCUT2D eigenvalue weighted by Crippen LogP contribution is 2.33. The second-order valence-corrected chi connectivity index (χ2v) is 5.81. The summed E-state index contributed by atoms with van der Waals surface area (Å²) in [6.07, 6.45) is 3.85. The Bertz CT molecular complexity index is 781. The number of nitrogens with zero attached hydrogens (tertiary/aromatic N) is 4. The summed E-state index contributed by atoms with van der Waals surface area (Å²) in [4.78, 5) is 11.3. The van der Waals surface area contributed by atoms with Gasteiger partial charge in [0.1, 0.15) is 6.26 Å². The Balaban J connectivity index is 1.54. The van der Waals surface area contributed by atoms with Gasteiger partial charge >= 0.3 is 0 Å². The van der Waals surface area contributed by atoms with Crippen LogP contribution in [0.5, 0.6) is 0 Å². The Labute approximate surface area is 134 Å². The highest BCUT2D eigenvalue weighted by Gasteiger charge is 2.31. The Morgan fingerprint density at radius 1 is 1.22 bits per heavy atom. The largest absolute Gasteiger partial charge is 0.449 e. The molecule has 4 rings (SSSR count). The van der Waals surface area contributed by atoms with Crippen LogP contribution in [-0.4, -0.2) is 26.6 Å². The highest BCUT2D eigenvalue weighted by molar-refractivity contribution is 5.53. The summed E-state index contributed by atoms with van der Waals surface area (Å²) < 4.78 is 10.8. The third-order valence-electron chi connectivity index (χ3n) is 4.15. The number of oxazole rings is 1. The average Bonchev–Trinajstić information content (AvgIpc) is 3.29. The second-order valence-electron chi connectivity index (χ2n) is 5.81. The molecule has 3 aromatic rings. The Morgan fingerprint density at radius 2 is 2.09 bits per heavy atom. The molecule has 0 saturated carbocycles. The van der Waals surface area contributed by atoms with Crippen molar-refractivity contribution in [3.05, 3.63) is 54.1 Å². The van der Waals surface area contributed by atoms with Gasteiger partial charge in [0.2, 0.25) is 11.7 Å². The fraction of sp³-hybridized carbons (Fsp3) is 0.353. The summed E-state index contributed by atoms with van der Waals surface area (Å²) in [5.74, 6) is 2.02. The predicted molar refractivity (Wildman–Crippen MR) is 83.4 cm³/mol. The number of hydrogen-bond acceptors (Lipinski definition) is 6. The van der Waals surface area contributed by atoms with Gasteiger partial charge in [-0.15, -0.1) is 0 Å². The quantitative estimate of drug-likeness (QED) is 0.736. The summed E-state index contributed by atoms with van der Waals surface area (Å²) in [6, 6.07) is 10.0. The van der Waals surface area contributed by atoms with Crippen molar-refractivity contribution in [3.63, 3.8) is 0 Å². The van der Waals surface area contributed by atoms with Crippen molar-refractivity contribution < 1.29 is 8.94 Å². The number of aromatic nitrogens is 3. The maximum absolute atomic E-state index is 5.53. The molecular weight excluding hydrogens is 292 g/mol. The molecule has 1 aromatic carbocycles. The minimum absolute atomic E-state index is 0.150. The van der Waals surface area contributed by atoms with E-state index in [0.717, 1.165) is 37.2 Å². The van der Waals surface area contributed by atoms with Crippen molar-refractivity contribution >= 4 is 0 Å². The first-order valence-electron chi connectivity index (χ1n) is 7.84. The van der Waals surface area contributed by atoms with Gasteiger partial charge in [-0.3, -0.25) is 4.90 Å². The van der Waals surface area contributed by atoms with Gasteiger partial charge in [-0.2, -0.15) is 4.98 Å². The SMILES string of the molecule is Cc1nc(CN2CCC[C@@H]2c2nc(-c3ccccc3)no2)co1. The fourth-order valence-corrected chi connectivity index (χ4v) is 3.06. The van der Waals surface area contributed by atoms with E-state index in [9.17, 15) is 0 Å². The topological polar surface area (TPSA) is 68.2 Å². The maximum Gasteiger partial charge on any atom is 0.244 e. The summed E-state index contributed by atoms with van der Waals surface area (Å²) in [6.45, 7) is 3.60. The molecule has 23 heavy (non-hydrogen) atoms. The molecule has 0 unspecified atom stereocenters. The van der Waals surface area contributed by atoms with Crippen LogP contribution in [0.1, 0.15) is 36.4 Å². The lowest BCUT2D eigenvalue weighted by molar-refractivity contribution is 0.199. The Hall–Kier alpha value is -2.47. The number of likely N-dealkylation sites (tertiary alicyclic amines) is 1. The summed E-state index contributed by atoms with van der Waals surface area (Å²) in [5, 5.41) is 4.13. The zero-order valence-electron chi connectivity index (χ0n) is 13.0. The molecular formula is C17H18N4O2. The van der Waals surface area contributed by atoms with E-state index in [1.807, 2.05) is 37.3 Å². The van der Waals surface area contributed by atoms with Gasteiger partial charge in [0.25, 0.3) is 0 Å². The minimum Gasteiger partial charge on any atom is -0.449 e. The van der Waals surface area contributed by atoms with Crippen molar-refractivity contribution in [1.82, 2.24) is 20.0 Å². The normalized spacial score (nSPS) is 18.6. The van der Waals surface area contributed by atoms with Crippen molar-refractivity contribution in [2.24, 2.45) is 0 Å². The van der Waals surface area contributed by atoms with Crippen molar-refractivity contribution in [2.75, 3.05) is 6.54 Å². The van der Waals surface area contributed by atoms with E-state index < -0.39 is 0 Å². The molecule has 0 N–H and O–H groups in total. The monoisotopic (exact) mass is 310 g/mol. The second kappa shape index (κ2) is 5.96. The maximum atomic E-state index is 5.53. The van der Waals surface area contributed by atoms with E-state index in [4.69, 9.17) is 8.94 Å². The van der Waals surface area contributed by atoms with Crippen LogP contribution >= 0.6 is 0 Å². The molecule has 0 amide bonds. The van der Waals surface area contributed by atoms with E-state index in [2.05, 4.69) is 20.0 Å². The van der Waals surface area contributed by atoms with Crippen LogP contribution in [0.15, 0.2) is 45.5 Å². The van der Waals surface area contributed by atoms with Crippen molar-refractivity contribution in [2.45, 2.75) is 32.4 Å². The number of hydrogen-bond donors (Lipinski definition) is 0. The number of aryl methyl sites for hydroxylation is 1. The van der Waals surface area contributed by atoms with Gasteiger partial charge in [-0.05, 0) is 19.4 Å². The summed E-state index contributed by atoms with van der Waals surface area (Å²) in [5.41, 5.74) is 1.91. The van der Waals surface area contributed by atoms with Crippen molar-refractivity contribution in [3.8, 4) is 11.4 Å². The Morgan fingerprint density at radius 3 is 2.87 bits per heavy atom. The van der Waals surface area contributed by atoms with Crippen LogP contribution in [0.4, 0.5) is 0 Å². The standard InChI is InChI=1S/C17H18N4O2/c1-12-18-14(11-22-12)10-21-9-5-8-15(21)17-19-16(20-23-17)13-6-3-2-4-7-13/h2-4,6-7,11,15H,5,8-10H2,1H3/t15-/m1/s1. The molecule has 6 nitrogen and oxygen atoms in total. The third kappa shape index (κ3) is 2.90. The summed E-state index contributed by atoms with van der Waals surface area (Å²) >= 11 is 0. The molecule has 2 aromatic heterocycles. The lowest BCUT2D eigenvalue weighted by atomic mass is 10.2. The molecule has 1 fully saturated rings. The zero-order chi connectivity index (χ0) is 15.6. The van der Waals surface area contributed by atoms with E-state index in [-0.39, 0.29) is 6.04 Å². The predicted octanol–water partition coefficient (Wildman–Crippen LogP) is 3.37. The van der Waals surface area contributed by atoms with Crippen LogP contribution in [0, 0.1) is 6.92 Å². The van der Waals surface area contributed by atoms with Gasteiger partial charge in [0, 0.05) is 19.0 Å². The molecule has 3 heterocycles. The molecule has 6 heteroatoms. The number of benzene rings is 1. The molecule has 0 aliphatic carbocycles. The first-order valence-corrected chi connectivity index (χ1v) is 7.84. The fourth-order valence-electron chi connectivity index (χ4n) is 3.06. The third-order valence-corrected chi connectivity index (χ3v) is 4.15. The molecule has 1 aliphatic heterocycles. The minimum atomic E-state index is 0.150. The molecule has 0 radical (unpaired) electrons. The van der Waals surface area contributed by atoms with E-state index in [1.54, 1.807) is 6.26 Å². The highest BCUT2D eigenvalue weighted by atomic mass is 16.5. The van der Waals surface area contributed by atoms with Crippen molar-refractivity contribution in [1.29, 1.82) is 0 Å². The van der Waals surface area contributed by atoms with Gasteiger partial charge in [-0.25, -0.2) is 4.98 Å². The van der Waals surface area contributed by atoms with Gasteiger partial charge in [0.15, 0.2) is 5.89 Å². The van der Waals surface area contributed by atoms with Crippen LogP contribution < -0.4 is 0 Å². The average molecular weight is 310 g/mol. The molecule has 1 saturated heterocycles. The van der Waals surface area contributed by atoms with Crippen LogP contribution in [0.2, 0.25) is 0 Å². The molecule has 1 atom stereocenters. The zero-order valence-corrected chi connectivity index (χ0v) is 13.0. The molecule has 0 spiro atoms. The molecule has 1 aliphatic rings. The summed E-state index contributed by atoms with van der Waals surface area (Å²) in [7, 11) is 0. The van der Waals surface area contributed by atoms with Gasteiger partial charge in [0.05, 0.1) is 11.7 Å². The van der Waals surface area contributed by atoms with Crippen LogP contribution in [0.3, 0.4) is 0 Å².